The van der Waals surface area contributed by atoms with E-state index < -0.39 is 0 Å². The van der Waals surface area contributed by atoms with Crippen molar-refractivity contribution in [2.75, 3.05) is 13.2 Å². The molecule has 1 aliphatic heterocycles. The molecule has 1 nitrogen and oxygen atoms in total. The van der Waals surface area contributed by atoms with Crippen molar-refractivity contribution in [3.8, 4) is 0 Å². The number of hydrogen-bond donors (Lipinski definition) is 0. The molecule has 1 aromatic carbocycles. The van der Waals surface area contributed by atoms with Gasteiger partial charge in [-0.25, -0.2) is 4.39 Å². The molecule has 1 atom stereocenters. The standard InChI is InChI=1S/C14H18BrFO/c1-9-7-12(8-10(2)14(9)16)13(15)11-3-5-17-6-4-11/h7-8,11,13H,3-6H2,1-2H3. The summed E-state index contributed by atoms with van der Waals surface area (Å²) in [6.45, 7) is 5.34. The van der Waals surface area contributed by atoms with Crippen LogP contribution in [0.25, 0.3) is 0 Å². The molecule has 0 bridgehead atoms. The first-order valence-electron chi connectivity index (χ1n) is 6.08. The Kier molecular flexibility index (Phi) is 4.21. The highest BCUT2D eigenvalue weighted by atomic mass is 79.9. The maximum atomic E-state index is 13.6. The van der Waals surface area contributed by atoms with Gasteiger partial charge in [-0.1, -0.05) is 28.1 Å². The second-order valence-electron chi connectivity index (χ2n) is 4.82. The first-order chi connectivity index (χ1) is 8.09. The molecule has 1 saturated heterocycles. The summed E-state index contributed by atoms with van der Waals surface area (Å²) >= 11 is 3.76. The van der Waals surface area contributed by atoms with Crippen LogP contribution < -0.4 is 0 Å². The molecular formula is C14H18BrFO. The largest absolute Gasteiger partial charge is 0.381 e. The molecule has 0 N–H and O–H groups in total. The number of aryl methyl sites for hydroxylation is 2. The summed E-state index contributed by atoms with van der Waals surface area (Å²) in [6.07, 6.45) is 2.15. The van der Waals surface area contributed by atoms with Crippen LogP contribution in [0.15, 0.2) is 12.1 Å². The van der Waals surface area contributed by atoms with Crippen molar-refractivity contribution in [1.29, 1.82) is 0 Å². The van der Waals surface area contributed by atoms with Crippen LogP contribution in [0.3, 0.4) is 0 Å². The number of benzene rings is 1. The molecule has 1 heterocycles. The van der Waals surface area contributed by atoms with E-state index in [4.69, 9.17) is 4.74 Å². The zero-order valence-corrected chi connectivity index (χ0v) is 11.9. The fraction of sp³-hybridized carbons (Fsp3) is 0.571. The second-order valence-corrected chi connectivity index (χ2v) is 5.81. The Balaban J connectivity index is 2.21. The van der Waals surface area contributed by atoms with Gasteiger partial charge >= 0.3 is 0 Å². The number of ether oxygens (including phenoxy) is 1. The van der Waals surface area contributed by atoms with Crippen molar-refractivity contribution in [3.05, 3.63) is 34.6 Å². The van der Waals surface area contributed by atoms with Gasteiger partial charge in [0.2, 0.25) is 0 Å². The Labute approximate surface area is 110 Å². The quantitative estimate of drug-likeness (QED) is 0.740. The minimum atomic E-state index is -0.0829. The Morgan fingerprint density at radius 2 is 1.76 bits per heavy atom. The van der Waals surface area contributed by atoms with Gasteiger partial charge in [-0.3, -0.25) is 0 Å². The predicted molar refractivity (Wildman–Crippen MR) is 71.1 cm³/mol. The van der Waals surface area contributed by atoms with Crippen molar-refractivity contribution >= 4 is 15.9 Å². The minimum Gasteiger partial charge on any atom is -0.381 e. The Morgan fingerprint density at radius 3 is 2.29 bits per heavy atom. The highest BCUT2D eigenvalue weighted by molar-refractivity contribution is 9.09. The first-order valence-corrected chi connectivity index (χ1v) is 6.99. The third kappa shape index (κ3) is 2.89. The molecule has 0 aromatic heterocycles. The van der Waals surface area contributed by atoms with E-state index in [1.165, 1.54) is 5.56 Å². The SMILES string of the molecule is Cc1cc(C(Br)C2CCOCC2)cc(C)c1F. The highest BCUT2D eigenvalue weighted by Gasteiger charge is 2.24. The van der Waals surface area contributed by atoms with E-state index in [9.17, 15) is 4.39 Å². The van der Waals surface area contributed by atoms with Crippen LogP contribution in [0.4, 0.5) is 4.39 Å². The van der Waals surface area contributed by atoms with Crippen LogP contribution in [0.2, 0.25) is 0 Å². The minimum absolute atomic E-state index is 0.0829. The number of halogens is 2. The van der Waals surface area contributed by atoms with Gasteiger partial charge in [-0.15, -0.1) is 0 Å². The van der Waals surface area contributed by atoms with Crippen molar-refractivity contribution < 1.29 is 9.13 Å². The van der Waals surface area contributed by atoms with E-state index >= 15 is 0 Å². The van der Waals surface area contributed by atoms with Crippen LogP contribution in [0, 0.1) is 25.6 Å². The third-order valence-electron chi connectivity index (χ3n) is 3.46. The van der Waals surface area contributed by atoms with Crippen molar-refractivity contribution in [2.24, 2.45) is 5.92 Å². The van der Waals surface area contributed by atoms with E-state index in [0.717, 1.165) is 37.2 Å². The van der Waals surface area contributed by atoms with E-state index in [0.29, 0.717) is 10.7 Å². The summed E-state index contributed by atoms with van der Waals surface area (Å²) in [5, 5.41) is 0. The lowest BCUT2D eigenvalue weighted by atomic mass is 9.91. The fourth-order valence-electron chi connectivity index (χ4n) is 2.42. The van der Waals surface area contributed by atoms with Gasteiger partial charge < -0.3 is 4.74 Å². The highest BCUT2D eigenvalue weighted by Crippen LogP contribution is 2.37. The van der Waals surface area contributed by atoms with E-state index in [2.05, 4.69) is 15.9 Å². The van der Waals surface area contributed by atoms with E-state index in [1.54, 1.807) is 0 Å². The molecule has 3 heteroatoms. The van der Waals surface area contributed by atoms with Gasteiger partial charge in [0, 0.05) is 18.0 Å². The fourth-order valence-corrected chi connectivity index (χ4v) is 3.21. The van der Waals surface area contributed by atoms with Gasteiger partial charge in [0.15, 0.2) is 0 Å². The monoisotopic (exact) mass is 300 g/mol. The zero-order valence-electron chi connectivity index (χ0n) is 10.3. The molecule has 0 radical (unpaired) electrons. The maximum Gasteiger partial charge on any atom is 0.129 e. The second kappa shape index (κ2) is 5.49. The average Bonchev–Trinajstić information content (AvgIpc) is 2.35. The first kappa shape index (κ1) is 13.0. The average molecular weight is 301 g/mol. The number of rotatable bonds is 2. The molecule has 94 valence electrons. The van der Waals surface area contributed by atoms with E-state index in [-0.39, 0.29) is 5.82 Å². The van der Waals surface area contributed by atoms with Crippen molar-refractivity contribution in [3.63, 3.8) is 0 Å². The van der Waals surface area contributed by atoms with Gasteiger partial charge in [-0.05, 0) is 49.3 Å². The molecule has 1 fully saturated rings. The van der Waals surface area contributed by atoms with Gasteiger partial charge in [0.1, 0.15) is 5.82 Å². The van der Waals surface area contributed by atoms with Crippen molar-refractivity contribution in [1.82, 2.24) is 0 Å². The summed E-state index contributed by atoms with van der Waals surface area (Å²) in [6, 6.07) is 3.91. The normalized spacial score (nSPS) is 19.3. The van der Waals surface area contributed by atoms with E-state index in [1.807, 2.05) is 26.0 Å². The Bertz CT molecular complexity index is 376. The molecule has 1 aliphatic rings. The zero-order chi connectivity index (χ0) is 12.4. The Hall–Kier alpha value is -0.410. The molecule has 2 rings (SSSR count). The molecule has 0 saturated carbocycles. The smallest absolute Gasteiger partial charge is 0.129 e. The molecule has 1 aromatic rings. The summed E-state index contributed by atoms with van der Waals surface area (Å²) in [5.41, 5.74) is 2.65. The lowest BCUT2D eigenvalue weighted by Crippen LogP contribution is -2.19. The lowest BCUT2D eigenvalue weighted by molar-refractivity contribution is 0.0662. The lowest BCUT2D eigenvalue weighted by Gasteiger charge is -2.27. The van der Waals surface area contributed by atoms with Crippen LogP contribution in [-0.4, -0.2) is 13.2 Å². The summed E-state index contributed by atoms with van der Waals surface area (Å²) in [5.74, 6) is 0.508. The molecule has 1 unspecified atom stereocenters. The summed E-state index contributed by atoms with van der Waals surface area (Å²) in [4.78, 5) is 0.310. The number of hydrogen-bond acceptors (Lipinski definition) is 1. The molecule has 0 aliphatic carbocycles. The molecule has 0 spiro atoms. The number of alkyl halides is 1. The van der Waals surface area contributed by atoms with Crippen LogP contribution >= 0.6 is 15.9 Å². The topological polar surface area (TPSA) is 9.23 Å². The summed E-state index contributed by atoms with van der Waals surface area (Å²) < 4.78 is 19.0. The van der Waals surface area contributed by atoms with Gasteiger partial charge in [0.05, 0.1) is 0 Å². The maximum absolute atomic E-state index is 13.6. The van der Waals surface area contributed by atoms with Gasteiger partial charge in [0.25, 0.3) is 0 Å². The predicted octanol–water partition coefficient (Wildman–Crippen LogP) is 4.31. The van der Waals surface area contributed by atoms with Crippen LogP contribution in [-0.2, 0) is 4.74 Å². The molecule has 17 heavy (non-hydrogen) atoms. The van der Waals surface area contributed by atoms with Gasteiger partial charge in [-0.2, -0.15) is 0 Å². The molecular weight excluding hydrogens is 283 g/mol. The van der Waals surface area contributed by atoms with Crippen LogP contribution in [0.1, 0.15) is 34.4 Å². The van der Waals surface area contributed by atoms with Crippen LogP contribution in [0.5, 0.6) is 0 Å². The summed E-state index contributed by atoms with van der Waals surface area (Å²) in [7, 11) is 0. The molecule has 0 amide bonds. The Morgan fingerprint density at radius 1 is 1.24 bits per heavy atom. The van der Waals surface area contributed by atoms with Crippen molar-refractivity contribution in [2.45, 2.75) is 31.5 Å². The third-order valence-corrected chi connectivity index (χ3v) is 4.73.